The molecule has 11 heteroatoms. The molecule has 1 amide bonds. The summed E-state index contributed by atoms with van der Waals surface area (Å²) in [5.41, 5.74) is 6.89. The number of aromatic nitrogens is 1. The van der Waals surface area contributed by atoms with Crippen LogP contribution in [0.25, 0.3) is 20.5 Å². The van der Waals surface area contributed by atoms with Crippen LogP contribution >= 0.6 is 34.3 Å². The molecule has 4 heterocycles. The van der Waals surface area contributed by atoms with E-state index in [2.05, 4.69) is 9.71 Å². The van der Waals surface area contributed by atoms with Crippen LogP contribution in [0.3, 0.4) is 0 Å². The van der Waals surface area contributed by atoms with E-state index in [0.29, 0.717) is 29.7 Å². The van der Waals surface area contributed by atoms with Crippen LogP contribution in [0.5, 0.6) is 0 Å². The van der Waals surface area contributed by atoms with Crippen LogP contribution in [0.15, 0.2) is 58.9 Å². The summed E-state index contributed by atoms with van der Waals surface area (Å²) in [6, 6.07) is 13.8. The third kappa shape index (κ3) is 4.49. The largest absolute Gasteiger partial charge is 0.383 e. The van der Waals surface area contributed by atoms with Crippen molar-refractivity contribution >= 4 is 66.8 Å². The Morgan fingerprint density at radius 2 is 1.91 bits per heavy atom. The highest BCUT2D eigenvalue weighted by molar-refractivity contribution is 7.91. The fraction of sp³-hybridized carbons (Fsp3) is 0.182. The lowest BCUT2D eigenvalue weighted by molar-refractivity contribution is -0.129. The molecule has 1 atom stereocenters. The van der Waals surface area contributed by atoms with Crippen molar-refractivity contribution in [3.05, 3.63) is 64.6 Å². The van der Waals surface area contributed by atoms with Crippen LogP contribution in [0.2, 0.25) is 4.34 Å². The van der Waals surface area contributed by atoms with Gasteiger partial charge >= 0.3 is 0 Å². The quantitative estimate of drug-likeness (QED) is 0.395. The Bertz CT molecular complexity index is 1460. The first-order valence-electron chi connectivity index (χ1n) is 10.1. The van der Waals surface area contributed by atoms with Crippen LogP contribution in [0, 0.1) is 0 Å². The maximum absolute atomic E-state index is 12.9. The number of nitrogens with two attached hydrogens (primary N) is 1. The molecule has 1 aliphatic rings. The zero-order valence-corrected chi connectivity index (χ0v) is 20.4. The van der Waals surface area contributed by atoms with Gasteiger partial charge in [-0.1, -0.05) is 23.7 Å². The lowest BCUT2D eigenvalue weighted by Crippen LogP contribution is -2.41. The molecule has 0 spiro atoms. The van der Waals surface area contributed by atoms with Gasteiger partial charge in [0.2, 0.25) is 5.91 Å². The number of rotatable bonds is 6. The van der Waals surface area contributed by atoms with E-state index < -0.39 is 16.1 Å². The summed E-state index contributed by atoms with van der Waals surface area (Å²) in [7, 11) is -3.82. The third-order valence-corrected chi connectivity index (χ3v) is 9.97. The molecule has 0 bridgehead atoms. The number of hydrogen-bond acceptors (Lipinski definition) is 7. The Morgan fingerprint density at radius 1 is 1.12 bits per heavy atom. The van der Waals surface area contributed by atoms with Crippen molar-refractivity contribution in [1.82, 2.24) is 14.6 Å². The maximum atomic E-state index is 12.9. The standard InChI is InChI=1S/C22H19ClN4O3S3/c23-19-5-3-17(31-19)18-4-6-20(32-18)33(29,30)26-16-8-10-27(22(16)28)12-13-1-2-14-7-9-25-21(24)15(14)11-13/h1-7,9,11,16,26H,8,10,12H2,(H2,24,25)/t16-/m0/s1. The minimum atomic E-state index is -3.82. The number of anilines is 1. The maximum Gasteiger partial charge on any atom is 0.250 e. The van der Waals surface area contributed by atoms with Gasteiger partial charge in [0.05, 0.1) is 4.34 Å². The second-order valence-corrected chi connectivity index (χ2v) is 12.4. The molecule has 1 aliphatic heterocycles. The normalized spacial score (nSPS) is 16.7. The SMILES string of the molecule is Nc1nccc2ccc(CN3CC[C@H](NS(=O)(=O)c4ccc(-c5ccc(Cl)s5)s4)C3=O)cc12. The molecule has 33 heavy (non-hydrogen) atoms. The number of pyridine rings is 1. The predicted molar refractivity (Wildman–Crippen MR) is 133 cm³/mol. The zero-order valence-electron chi connectivity index (χ0n) is 17.2. The summed E-state index contributed by atoms with van der Waals surface area (Å²) >= 11 is 8.53. The van der Waals surface area contributed by atoms with Gasteiger partial charge in [0, 0.05) is 34.4 Å². The Morgan fingerprint density at radius 3 is 2.70 bits per heavy atom. The molecular weight excluding hydrogens is 500 g/mol. The van der Waals surface area contributed by atoms with Crippen molar-refractivity contribution in [1.29, 1.82) is 0 Å². The number of nitrogens with one attached hydrogen (secondary N) is 1. The smallest absolute Gasteiger partial charge is 0.250 e. The molecule has 0 radical (unpaired) electrons. The van der Waals surface area contributed by atoms with Gasteiger partial charge in [0.1, 0.15) is 16.1 Å². The number of nitrogens with zero attached hydrogens (tertiary/aromatic N) is 2. The van der Waals surface area contributed by atoms with Gasteiger partial charge in [0.25, 0.3) is 10.0 Å². The van der Waals surface area contributed by atoms with Crippen LogP contribution in [0.4, 0.5) is 5.82 Å². The fourth-order valence-corrected chi connectivity index (χ4v) is 7.53. The Labute approximate surface area is 203 Å². The summed E-state index contributed by atoms with van der Waals surface area (Å²) in [4.78, 5) is 20.4. The van der Waals surface area contributed by atoms with E-state index in [9.17, 15) is 13.2 Å². The molecule has 0 saturated carbocycles. The summed E-state index contributed by atoms with van der Waals surface area (Å²) in [6.45, 7) is 0.847. The highest BCUT2D eigenvalue weighted by Gasteiger charge is 2.35. The number of sulfonamides is 1. The molecule has 1 aromatic carbocycles. The fourth-order valence-electron chi connectivity index (χ4n) is 3.85. The lowest BCUT2D eigenvalue weighted by atomic mass is 10.1. The molecule has 3 aromatic heterocycles. The van der Waals surface area contributed by atoms with Crippen molar-refractivity contribution < 1.29 is 13.2 Å². The number of fused-ring (bicyclic) bond motifs is 1. The zero-order chi connectivity index (χ0) is 23.2. The van der Waals surface area contributed by atoms with Crippen LogP contribution in [-0.2, 0) is 21.4 Å². The molecule has 5 rings (SSSR count). The van der Waals surface area contributed by atoms with E-state index in [1.54, 1.807) is 29.3 Å². The molecule has 170 valence electrons. The first-order valence-corrected chi connectivity index (χ1v) is 13.6. The van der Waals surface area contributed by atoms with Crippen LogP contribution < -0.4 is 10.5 Å². The van der Waals surface area contributed by atoms with E-state index in [-0.39, 0.29) is 10.1 Å². The summed E-state index contributed by atoms with van der Waals surface area (Å²) in [5.74, 6) is 0.201. The first-order chi connectivity index (χ1) is 15.8. The minimum absolute atomic E-state index is 0.172. The number of amides is 1. The first kappa shape index (κ1) is 22.3. The molecular formula is C22H19ClN4O3S3. The summed E-state index contributed by atoms with van der Waals surface area (Å²) < 4.78 is 29.2. The molecule has 4 aromatic rings. The summed E-state index contributed by atoms with van der Waals surface area (Å²) in [6.07, 6.45) is 2.07. The number of carbonyl (C=O) groups is 1. The van der Waals surface area contributed by atoms with Gasteiger partial charge < -0.3 is 10.6 Å². The highest BCUT2D eigenvalue weighted by Crippen LogP contribution is 2.37. The number of thiophene rings is 2. The number of halogens is 1. The molecule has 1 saturated heterocycles. The number of nitrogen functional groups attached to an aromatic ring is 1. The lowest BCUT2D eigenvalue weighted by Gasteiger charge is -2.17. The van der Waals surface area contributed by atoms with Gasteiger partial charge in [-0.2, -0.15) is 4.72 Å². The number of hydrogen-bond donors (Lipinski definition) is 2. The van der Waals surface area contributed by atoms with Crippen molar-refractivity contribution in [2.75, 3.05) is 12.3 Å². The number of likely N-dealkylation sites (tertiary alicyclic amines) is 1. The van der Waals surface area contributed by atoms with Gasteiger partial charge in [0.15, 0.2) is 0 Å². The third-order valence-electron chi connectivity index (χ3n) is 5.49. The van der Waals surface area contributed by atoms with Gasteiger partial charge in [-0.3, -0.25) is 4.79 Å². The Kier molecular flexibility index (Phi) is 5.87. The van der Waals surface area contributed by atoms with Gasteiger partial charge in [-0.05, 0) is 53.8 Å². The second-order valence-electron chi connectivity index (χ2n) is 7.70. The second kappa shape index (κ2) is 8.69. The monoisotopic (exact) mass is 518 g/mol. The van der Waals surface area contributed by atoms with Gasteiger partial charge in [-0.15, -0.1) is 22.7 Å². The average molecular weight is 519 g/mol. The number of benzene rings is 1. The number of carbonyl (C=O) groups excluding carboxylic acids is 1. The topological polar surface area (TPSA) is 105 Å². The minimum Gasteiger partial charge on any atom is -0.383 e. The highest BCUT2D eigenvalue weighted by atomic mass is 35.5. The van der Waals surface area contributed by atoms with Crippen LogP contribution in [0.1, 0.15) is 12.0 Å². The van der Waals surface area contributed by atoms with Crippen molar-refractivity contribution in [2.45, 2.75) is 23.2 Å². The van der Waals surface area contributed by atoms with E-state index in [0.717, 1.165) is 37.4 Å². The van der Waals surface area contributed by atoms with Crippen molar-refractivity contribution in [2.24, 2.45) is 0 Å². The van der Waals surface area contributed by atoms with Gasteiger partial charge in [-0.25, -0.2) is 13.4 Å². The molecule has 7 nitrogen and oxygen atoms in total. The molecule has 3 N–H and O–H groups in total. The molecule has 1 fully saturated rings. The molecule has 0 aliphatic carbocycles. The van der Waals surface area contributed by atoms with Crippen LogP contribution in [-0.4, -0.2) is 36.8 Å². The summed E-state index contributed by atoms with van der Waals surface area (Å²) in [5, 5.41) is 1.81. The van der Waals surface area contributed by atoms with E-state index >= 15 is 0 Å². The van der Waals surface area contributed by atoms with Crippen molar-refractivity contribution in [3.8, 4) is 9.75 Å². The van der Waals surface area contributed by atoms with E-state index in [4.69, 9.17) is 17.3 Å². The van der Waals surface area contributed by atoms with E-state index in [1.807, 2.05) is 30.3 Å². The van der Waals surface area contributed by atoms with E-state index in [1.165, 1.54) is 11.3 Å². The Balaban J connectivity index is 1.28. The Hall–Kier alpha value is -2.50. The molecule has 0 unspecified atom stereocenters. The predicted octanol–water partition coefficient (Wildman–Crippen LogP) is 4.34. The average Bonchev–Trinajstić information content (AvgIpc) is 3.51. The van der Waals surface area contributed by atoms with Crippen molar-refractivity contribution in [3.63, 3.8) is 0 Å².